The lowest BCUT2D eigenvalue weighted by Crippen LogP contribution is -1.88. The number of pyridine rings is 1. The minimum atomic E-state index is 0.514. The van der Waals surface area contributed by atoms with Gasteiger partial charge in [0.15, 0.2) is 0 Å². The molecule has 0 radical (unpaired) electrons. The number of hydrogen-bond acceptors (Lipinski definition) is 3. The van der Waals surface area contributed by atoms with Crippen molar-refractivity contribution in [1.82, 2.24) is 4.98 Å². The molecule has 0 aliphatic rings. The fourth-order valence-corrected chi connectivity index (χ4v) is 2.20. The Morgan fingerprint density at radius 3 is 2.60 bits per heavy atom. The quantitative estimate of drug-likeness (QED) is 0.691. The predicted molar refractivity (Wildman–Crippen MR) is 78.0 cm³/mol. The van der Waals surface area contributed by atoms with Gasteiger partial charge < -0.3 is 4.74 Å². The van der Waals surface area contributed by atoms with Crippen LogP contribution in [0.5, 0.6) is 11.5 Å². The van der Waals surface area contributed by atoms with Crippen LogP contribution in [-0.2, 0) is 0 Å². The van der Waals surface area contributed by atoms with Gasteiger partial charge in [0.05, 0.1) is 22.9 Å². The molecule has 20 heavy (non-hydrogen) atoms. The maximum Gasteiger partial charge on any atom is 0.147 e. The van der Waals surface area contributed by atoms with Crippen LogP contribution in [0.1, 0.15) is 5.56 Å². The number of aromatic nitrogens is 1. The van der Waals surface area contributed by atoms with Crippen molar-refractivity contribution >= 4 is 22.4 Å². The molecule has 0 fully saturated rings. The highest BCUT2D eigenvalue weighted by Gasteiger charge is 2.07. The van der Waals surface area contributed by atoms with Crippen molar-refractivity contribution in [3.63, 3.8) is 0 Å². The maximum absolute atomic E-state index is 9.13. The highest BCUT2D eigenvalue weighted by atomic mass is 35.5. The first-order valence-corrected chi connectivity index (χ1v) is 6.36. The molecule has 1 aromatic heterocycles. The van der Waals surface area contributed by atoms with Crippen LogP contribution in [0.15, 0.2) is 54.9 Å². The van der Waals surface area contributed by atoms with Gasteiger partial charge in [-0.1, -0.05) is 35.9 Å². The molecule has 1 heterocycles. The summed E-state index contributed by atoms with van der Waals surface area (Å²) in [7, 11) is 0. The third kappa shape index (κ3) is 2.29. The topological polar surface area (TPSA) is 45.9 Å². The summed E-state index contributed by atoms with van der Waals surface area (Å²) in [6.45, 7) is 0. The van der Waals surface area contributed by atoms with Crippen LogP contribution in [0.25, 0.3) is 10.8 Å². The van der Waals surface area contributed by atoms with Crippen LogP contribution in [0.3, 0.4) is 0 Å². The average Bonchev–Trinajstić information content (AvgIpc) is 2.48. The fourth-order valence-electron chi connectivity index (χ4n) is 2.03. The molecule has 4 heteroatoms. The number of ether oxygens (including phenoxy) is 1. The predicted octanol–water partition coefficient (Wildman–Crippen LogP) is 4.55. The molecule has 0 saturated heterocycles. The Morgan fingerprint density at radius 2 is 1.85 bits per heavy atom. The smallest absolute Gasteiger partial charge is 0.147 e. The molecular weight excluding hydrogens is 272 g/mol. The van der Waals surface area contributed by atoms with Gasteiger partial charge in [-0.25, -0.2) is 0 Å². The monoisotopic (exact) mass is 280 g/mol. The molecule has 2 aromatic carbocycles. The summed E-state index contributed by atoms with van der Waals surface area (Å²) in [6.07, 6.45) is 3.14. The van der Waals surface area contributed by atoms with Gasteiger partial charge in [-0.3, -0.25) is 4.98 Å². The molecule has 3 nitrogen and oxygen atoms in total. The van der Waals surface area contributed by atoms with Gasteiger partial charge in [-0.15, -0.1) is 0 Å². The van der Waals surface area contributed by atoms with Crippen molar-refractivity contribution < 1.29 is 4.74 Å². The molecule has 0 N–H and O–H groups in total. The van der Waals surface area contributed by atoms with E-state index in [9.17, 15) is 0 Å². The first-order valence-electron chi connectivity index (χ1n) is 5.98. The number of nitriles is 1. The van der Waals surface area contributed by atoms with Crippen molar-refractivity contribution in [2.75, 3.05) is 0 Å². The van der Waals surface area contributed by atoms with Crippen molar-refractivity contribution in [1.29, 1.82) is 5.26 Å². The third-order valence-electron chi connectivity index (χ3n) is 2.91. The third-order valence-corrected chi connectivity index (χ3v) is 3.12. The number of halogens is 1. The molecule has 3 rings (SSSR count). The Hall–Kier alpha value is -2.57. The standard InChI is InChI=1S/C16H9ClN2O/c17-12-7-13(10-19-9-12)20-16-6-5-11(8-18)14-3-1-2-4-15(14)16/h1-7,9-10H. The van der Waals surface area contributed by atoms with E-state index >= 15 is 0 Å². The summed E-state index contributed by atoms with van der Waals surface area (Å²) in [6, 6.07) is 15.0. The zero-order chi connectivity index (χ0) is 13.9. The zero-order valence-electron chi connectivity index (χ0n) is 10.4. The largest absolute Gasteiger partial charge is 0.455 e. The summed E-state index contributed by atoms with van der Waals surface area (Å²) in [5.41, 5.74) is 0.622. The number of rotatable bonds is 2. The van der Waals surface area contributed by atoms with E-state index in [2.05, 4.69) is 11.1 Å². The second-order valence-corrected chi connectivity index (χ2v) is 4.65. The number of nitrogens with zero attached hydrogens (tertiary/aromatic N) is 2. The molecule has 0 spiro atoms. The van der Waals surface area contributed by atoms with E-state index in [1.54, 1.807) is 30.6 Å². The fraction of sp³-hybridized carbons (Fsp3) is 0. The molecule has 0 saturated carbocycles. The van der Waals surface area contributed by atoms with Crippen LogP contribution in [0.4, 0.5) is 0 Å². The maximum atomic E-state index is 9.13. The van der Waals surface area contributed by atoms with Gasteiger partial charge in [-0.2, -0.15) is 5.26 Å². The number of benzene rings is 2. The van der Waals surface area contributed by atoms with Crippen LogP contribution >= 0.6 is 11.6 Å². The second kappa shape index (κ2) is 5.20. The molecule has 0 unspecified atom stereocenters. The Kier molecular flexibility index (Phi) is 3.24. The van der Waals surface area contributed by atoms with E-state index in [4.69, 9.17) is 21.6 Å². The van der Waals surface area contributed by atoms with Crippen molar-refractivity contribution in [3.05, 3.63) is 65.4 Å². The Bertz CT molecular complexity index is 824. The first kappa shape index (κ1) is 12.5. The van der Waals surface area contributed by atoms with E-state index in [0.29, 0.717) is 22.1 Å². The summed E-state index contributed by atoms with van der Waals surface area (Å²) in [4.78, 5) is 3.98. The lowest BCUT2D eigenvalue weighted by molar-refractivity contribution is 0.486. The molecule has 96 valence electrons. The highest BCUT2D eigenvalue weighted by Crippen LogP contribution is 2.32. The summed E-state index contributed by atoms with van der Waals surface area (Å²) >= 11 is 5.89. The molecule has 0 atom stereocenters. The average molecular weight is 281 g/mol. The van der Waals surface area contributed by atoms with E-state index in [1.165, 1.54) is 0 Å². The first-order chi connectivity index (χ1) is 9.78. The summed E-state index contributed by atoms with van der Waals surface area (Å²) < 4.78 is 5.82. The van der Waals surface area contributed by atoms with E-state index in [0.717, 1.165) is 10.8 Å². The van der Waals surface area contributed by atoms with Crippen molar-refractivity contribution in [2.24, 2.45) is 0 Å². The number of hydrogen-bond donors (Lipinski definition) is 0. The van der Waals surface area contributed by atoms with Gasteiger partial charge in [0.25, 0.3) is 0 Å². The molecular formula is C16H9ClN2O. The Morgan fingerprint density at radius 1 is 1.05 bits per heavy atom. The molecule has 3 aromatic rings. The minimum absolute atomic E-state index is 0.514. The van der Waals surface area contributed by atoms with Crippen LogP contribution < -0.4 is 4.74 Å². The molecule has 0 bridgehead atoms. The molecule has 0 aliphatic carbocycles. The lowest BCUT2D eigenvalue weighted by atomic mass is 10.0. The second-order valence-electron chi connectivity index (χ2n) is 4.21. The van der Waals surface area contributed by atoms with Crippen LogP contribution in [0.2, 0.25) is 5.02 Å². The zero-order valence-corrected chi connectivity index (χ0v) is 11.1. The van der Waals surface area contributed by atoms with Gasteiger partial charge >= 0.3 is 0 Å². The molecule has 0 aliphatic heterocycles. The summed E-state index contributed by atoms with van der Waals surface area (Å²) in [5, 5.41) is 11.4. The van der Waals surface area contributed by atoms with Gasteiger partial charge in [0.1, 0.15) is 11.5 Å². The number of fused-ring (bicyclic) bond motifs is 1. The van der Waals surface area contributed by atoms with E-state index < -0.39 is 0 Å². The van der Waals surface area contributed by atoms with Gasteiger partial charge in [-0.05, 0) is 12.1 Å². The van der Waals surface area contributed by atoms with Crippen LogP contribution in [0, 0.1) is 11.3 Å². The summed E-state index contributed by atoms with van der Waals surface area (Å²) in [5.74, 6) is 1.23. The molecule has 0 amide bonds. The highest BCUT2D eigenvalue weighted by molar-refractivity contribution is 6.30. The van der Waals surface area contributed by atoms with Crippen LogP contribution in [-0.4, -0.2) is 4.98 Å². The Balaban J connectivity index is 2.11. The lowest BCUT2D eigenvalue weighted by Gasteiger charge is -2.09. The minimum Gasteiger partial charge on any atom is -0.455 e. The normalized spacial score (nSPS) is 10.2. The van der Waals surface area contributed by atoms with Crippen molar-refractivity contribution in [3.8, 4) is 17.6 Å². The van der Waals surface area contributed by atoms with Gasteiger partial charge in [0, 0.05) is 23.0 Å². The van der Waals surface area contributed by atoms with E-state index in [-0.39, 0.29) is 0 Å². The van der Waals surface area contributed by atoms with Crippen molar-refractivity contribution in [2.45, 2.75) is 0 Å². The SMILES string of the molecule is N#Cc1ccc(Oc2cncc(Cl)c2)c2ccccc12. The van der Waals surface area contributed by atoms with Gasteiger partial charge in [0.2, 0.25) is 0 Å². The Labute approximate surface area is 121 Å². The van der Waals surface area contributed by atoms with E-state index in [1.807, 2.05) is 24.3 Å².